The Kier molecular flexibility index (Phi) is 5.16. The summed E-state index contributed by atoms with van der Waals surface area (Å²) in [5, 5.41) is 13.6. The van der Waals surface area contributed by atoms with Gasteiger partial charge >= 0.3 is 0 Å². The van der Waals surface area contributed by atoms with Gasteiger partial charge in [-0.1, -0.05) is 0 Å². The fourth-order valence-electron chi connectivity index (χ4n) is 1.90. The molecule has 1 aliphatic heterocycles. The first-order valence-electron chi connectivity index (χ1n) is 6.15. The fraction of sp³-hybridized carbons (Fsp3) is 0.455. The summed E-state index contributed by atoms with van der Waals surface area (Å²) in [6, 6.07) is 1.32. The van der Waals surface area contributed by atoms with Gasteiger partial charge in [-0.15, -0.1) is 0 Å². The van der Waals surface area contributed by atoms with Gasteiger partial charge in [0, 0.05) is 23.3 Å². The molecule has 22 heavy (non-hydrogen) atoms. The van der Waals surface area contributed by atoms with E-state index in [-0.39, 0.29) is 19.3 Å². The Hall–Kier alpha value is -1.49. The number of nitrogens with one attached hydrogen (secondary N) is 1. The van der Waals surface area contributed by atoms with Crippen LogP contribution < -0.4 is 5.32 Å². The van der Waals surface area contributed by atoms with Crippen molar-refractivity contribution in [3.63, 3.8) is 0 Å². The van der Waals surface area contributed by atoms with Crippen LogP contribution in [0.5, 0.6) is 0 Å². The van der Waals surface area contributed by atoms with E-state index in [1.54, 1.807) is 0 Å². The second kappa shape index (κ2) is 6.73. The smallest absolute Gasteiger partial charge is 0.296 e. The summed E-state index contributed by atoms with van der Waals surface area (Å²) in [5.74, 6) is -1.09. The molecule has 0 amide bonds. The van der Waals surface area contributed by atoms with Gasteiger partial charge in [0.25, 0.3) is 14.7 Å². The van der Waals surface area contributed by atoms with Crippen molar-refractivity contribution < 1.29 is 27.2 Å². The van der Waals surface area contributed by atoms with Crippen LogP contribution in [0.3, 0.4) is 0 Å². The Bertz CT molecular complexity index is 677. The molecule has 1 saturated heterocycles. The van der Waals surface area contributed by atoms with Gasteiger partial charge < -0.3 is 14.8 Å². The number of ether oxygens (including phenoxy) is 2. The van der Waals surface area contributed by atoms with Crippen molar-refractivity contribution in [1.82, 2.24) is 0 Å². The zero-order chi connectivity index (χ0) is 16.3. The Balaban J connectivity index is 2.27. The molecule has 8 nitrogen and oxygen atoms in total. The van der Waals surface area contributed by atoms with Crippen LogP contribution in [-0.4, -0.2) is 45.8 Å². The number of hydrogen-bond donors (Lipinski definition) is 1. The van der Waals surface area contributed by atoms with Crippen LogP contribution in [0.4, 0.5) is 15.8 Å². The van der Waals surface area contributed by atoms with Crippen LogP contribution in [0.25, 0.3) is 0 Å². The average Bonchev–Trinajstić information content (AvgIpc) is 2.45. The molecule has 1 atom stereocenters. The van der Waals surface area contributed by atoms with Crippen molar-refractivity contribution in [1.29, 1.82) is 0 Å². The second-order valence-corrected chi connectivity index (χ2v) is 7.01. The summed E-state index contributed by atoms with van der Waals surface area (Å²) < 4.78 is 46.9. The molecule has 1 fully saturated rings. The zero-order valence-electron chi connectivity index (χ0n) is 11.1. The summed E-state index contributed by atoms with van der Waals surface area (Å²) in [7, 11) is 0.806. The lowest BCUT2D eigenvalue weighted by atomic mass is 10.2. The van der Waals surface area contributed by atoms with Crippen molar-refractivity contribution in [2.24, 2.45) is 0 Å². The average molecular weight is 355 g/mol. The summed E-state index contributed by atoms with van der Waals surface area (Å²) in [5.41, 5.74) is -1.15. The predicted molar refractivity (Wildman–Crippen MR) is 75.1 cm³/mol. The van der Waals surface area contributed by atoms with E-state index in [9.17, 15) is 22.9 Å². The number of anilines is 1. The lowest BCUT2D eigenvalue weighted by molar-refractivity contribution is -0.384. The normalized spacial score (nSPS) is 18.9. The third kappa shape index (κ3) is 4.03. The van der Waals surface area contributed by atoms with Crippen LogP contribution >= 0.6 is 10.7 Å². The first kappa shape index (κ1) is 16.9. The molecule has 1 N–H and O–H groups in total. The van der Waals surface area contributed by atoms with Gasteiger partial charge in [0.05, 0.1) is 35.7 Å². The number of nitro benzene ring substituents is 1. The molecule has 0 saturated carbocycles. The molecule has 1 aromatic rings. The molecule has 0 radical (unpaired) electrons. The number of rotatable bonds is 5. The summed E-state index contributed by atoms with van der Waals surface area (Å²) >= 11 is 0. The maximum atomic E-state index is 14.0. The minimum absolute atomic E-state index is 0.0741. The van der Waals surface area contributed by atoms with E-state index in [4.69, 9.17) is 20.2 Å². The lowest BCUT2D eigenvalue weighted by Crippen LogP contribution is -2.34. The van der Waals surface area contributed by atoms with Crippen LogP contribution in [0.15, 0.2) is 17.0 Å². The molecule has 0 spiro atoms. The summed E-state index contributed by atoms with van der Waals surface area (Å²) in [4.78, 5) is 9.44. The number of nitro groups is 1. The van der Waals surface area contributed by atoms with Gasteiger partial charge in [0.2, 0.25) is 0 Å². The van der Waals surface area contributed by atoms with Crippen molar-refractivity contribution in [2.45, 2.75) is 11.0 Å². The van der Waals surface area contributed by atoms with Gasteiger partial charge in [0.1, 0.15) is 5.69 Å². The maximum absolute atomic E-state index is 14.0. The van der Waals surface area contributed by atoms with Gasteiger partial charge in [-0.2, -0.15) is 0 Å². The third-order valence-electron chi connectivity index (χ3n) is 2.91. The Morgan fingerprint density at radius 2 is 2.18 bits per heavy atom. The SMILES string of the molecule is O=[N+]([O-])c1cc(S(=O)(=O)Cl)cc(F)c1NCC1COCCO1. The van der Waals surface area contributed by atoms with Crippen molar-refractivity contribution in [3.8, 4) is 0 Å². The molecular weight excluding hydrogens is 343 g/mol. The molecule has 11 heteroatoms. The first-order chi connectivity index (χ1) is 10.3. The van der Waals surface area contributed by atoms with E-state index >= 15 is 0 Å². The highest BCUT2D eigenvalue weighted by Gasteiger charge is 2.25. The largest absolute Gasteiger partial charge is 0.376 e. The van der Waals surface area contributed by atoms with Gasteiger partial charge in [-0.25, -0.2) is 12.8 Å². The lowest BCUT2D eigenvalue weighted by Gasteiger charge is -2.23. The summed E-state index contributed by atoms with van der Waals surface area (Å²) in [6.45, 7) is 1.18. The van der Waals surface area contributed by atoms with Crippen LogP contribution in [0.1, 0.15) is 0 Å². The second-order valence-electron chi connectivity index (χ2n) is 4.44. The van der Waals surface area contributed by atoms with E-state index in [1.165, 1.54) is 0 Å². The quantitative estimate of drug-likeness (QED) is 0.484. The monoisotopic (exact) mass is 354 g/mol. The van der Waals surface area contributed by atoms with E-state index in [0.29, 0.717) is 25.3 Å². The number of nitrogens with zero attached hydrogens (tertiary/aromatic N) is 1. The predicted octanol–water partition coefficient (Wildman–Crippen LogP) is 1.49. The van der Waals surface area contributed by atoms with Gasteiger partial charge in [-0.05, 0) is 6.07 Å². The van der Waals surface area contributed by atoms with Crippen LogP contribution in [0.2, 0.25) is 0 Å². The third-order valence-corrected chi connectivity index (χ3v) is 4.25. The topological polar surface area (TPSA) is 108 Å². The van der Waals surface area contributed by atoms with E-state index in [0.717, 1.165) is 0 Å². The molecule has 0 aromatic heterocycles. The highest BCUT2D eigenvalue weighted by molar-refractivity contribution is 8.13. The molecule has 1 aliphatic rings. The van der Waals surface area contributed by atoms with Crippen molar-refractivity contribution >= 4 is 31.1 Å². The number of benzene rings is 1. The molecule has 122 valence electrons. The summed E-state index contributed by atoms with van der Waals surface area (Å²) in [6.07, 6.45) is -0.385. The Morgan fingerprint density at radius 3 is 2.73 bits per heavy atom. The standard InChI is InChI=1S/C11H12ClFN2O6S/c12-22(18,19)8-3-9(13)11(10(4-8)15(16)17)14-5-7-6-20-1-2-21-7/h3-4,7,14H,1-2,5-6H2. The van der Waals surface area contributed by atoms with Gasteiger partial charge in [-0.3, -0.25) is 10.1 Å². The first-order valence-corrected chi connectivity index (χ1v) is 8.46. The van der Waals surface area contributed by atoms with Gasteiger partial charge in [0.15, 0.2) is 5.82 Å². The Morgan fingerprint density at radius 1 is 1.45 bits per heavy atom. The Labute approximate surface area is 129 Å². The van der Waals surface area contributed by atoms with Crippen LogP contribution in [0, 0.1) is 15.9 Å². The fourth-order valence-corrected chi connectivity index (χ4v) is 2.66. The zero-order valence-corrected chi connectivity index (χ0v) is 12.7. The highest BCUT2D eigenvalue weighted by atomic mass is 35.7. The minimum Gasteiger partial charge on any atom is -0.376 e. The molecule has 1 heterocycles. The number of halogens is 2. The molecule has 0 aliphatic carbocycles. The molecular formula is C11H12ClFN2O6S. The molecule has 1 unspecified atom stereocenters. The van der Waals surface area contributed by atoms with Crippen molar-refractivity contribution in [3.05, 3.63) is 28.1 Å². The number of hydrogen-bond acceptors (Lipinski definition) is 7. The highest BCUT2D eigenvalue weighted by Crippen LogP contribution is 2.32. The molecule has 1 aromatic carbocycles. The molecule has 0 bridgehead atoms. The molecule has 2 rings (SSSR count). The maximum Gasteiger partial charge on any atom is 0.296 e. The van der Waals surface area contributed by atoms with Crippen LogP contribution in [-0.2, 0) is 18.5 Å². The minimum atomic E-state index is -4.28. The van der Waals surface area contributed by atoms with E-state index in [1.807, 2.05) is 0 Å². The van der Waals surface area contributed by atoms with E-state index in [2.05, 4.69) is 5.32 Å². The van der Waals surface area contributed by atoms with Crippen molar-refractivity contribution in [2.75, 3.05) is 31.7 Å². The van der Waals surface area contributed by atoms with E-state index < -0.39 is 36.1 Å².